The minimum Gasteiger partial charge on any atom is -0.392 e. The zero-order valence-corrected chi connectivity index (χ0v) is 11.7. The second kappa shape index (κ2) is 4.95. The van der Waals surface area contributed by atoms with E-state index < -0.39 is 16.1 Å². The Kier molecular flexibility index (Phi) is 3.70. The summed E-state index contributed by atoms with van der Waals surface area (Å²) in [6, 6.07) is 6.27. The molecule has 1 fully saturated rings. The molecule has 0 saturated heterocycles. The quantitative estimate of drug-likeness (QED) is 0.800. The summed E-state index contributed by atoms with van der Waals surface area (Å²) in [4.78, 5) is 0.461. The van der Waals surface area contributed by atoms with Gasteiger partial charge in [0, 0.05) is 0 Å². The van der Waals surface area contributed by atoms with Crippen LogP contribution in [0, 0.1) is 12.8 Å². The number of nitrogens with one attached hydrogen (secondary N) is 1. The van der Waals surface area contributed by atoms with E-state index in [9.17, 15) is 8.42 Å². The summed E-state index contributed by atoms with van der Waals surface area (Å²) in [7, 11) is -3.54. The average Bonchev–Trinajstić information content (AvgIpc) is 3.10. The van der Waals surface area contributed by atoms with Crippen molar-refractivity contribution in [2.75, 3.05) is 0 Å². The largest absolute Gasteiger partial charge is 0.392 e. The molecule has 3 N–H and O–H groups in total. The van der Waals surface area contributed by atoms with Gasteiger partial charge in [0.15, 0.2) is 0 Å². The van der Waals surface area contributed by atoms with Crippen LogP contribution in [0.3, 0.4) is 0 Å². The van der Waals surface area contributed by atoms with Crippen LogP contribution >= 0.6 is 12.2 Å². The summed E-state index contributed by atoms with van der Waals surface area (Å²) in [5.74, 6) is 0.253. The predicted octanol–water partition coefficient (Wildman–Crippen LogP) is 1.34. The van der Waals surface area contributed by atoms with Crippen LogP contribution in [0.1, 0.15) is 18.4 Å². The molecule has 1 aliphatic carbocycles. The van der Waals surface area contributed by atoms with Crippen molar-refractivity contribution in [1.82, 2.24) is 4.72 Å². The van der Waals surface area contributed by atoms with Crippen LogP contribution in [0.5, 0.6) is 0 Å². The van der Waals surface area contributed by atoms with E-state index in [0.717, 1.165) is 18.4 Å². The maximum Gasteiger partial charge on any atom is 0.241 e. The third-order valence-electron chi connectivity index (χ3n) is 3.01. The first-order valence-corrected chi connectivity index (χ1v) is 7.67. The summed E-state index contributed by atoms with van der Waals surface area (Å²) in [6.45, 7) is 1.91. The van der Waals surface area contributed by atoms with E-state index in [1.165, 1.54) is 0 Å². The molecule has 1 aromatic carbocycles. The zero-order valence-electron chi connectivity index (χ0n) is 10.1. The van der Waals surface area contributed by atoms with Gasteiger partial charge in [-0.15, -0.1) is 0 Å². The first-order chi connectivity index (χ1) is 8.40. The van der Waals surface area contributed by atoms with Gasteiger partial charge in [-0.3, -0.25) is 0 Å². The van der Waals surface area contributed by atoms with Crippen molar-refractivity contribution in [2.24, 2.45) is 11.7 Å². The molecular weight excluding hydrogens is 268 g/mol. The Labute approximate surface area is 113 Å². The van der Waals surface area contributed by atoms with E-state index in [-0.39, 0.29) is 15.8 Å². The minimum absolute atomic E-state index is 0.216. The number of hydrogen-bond donors (Lipinski definition) is 2. The van der Waals surface area contributed by atoms with Crippen LogP contribution in [-0.2, 0) is 10.0 Å². The van der Waals surface area contributed by atoms with Crippen molar-refractivity contribution in [3.8, 4) is 0 Å². The molecule has 6 heteroatoms. The molecule has 2 rings (SSSR count). The molecule has 0 amide bonds. The molecule has 18 heavy (non-hydrogen) atoms. The molecule has 0 heterocycles. The van der Waals surface area contributed by atoms with Crippen molar-refractivity contribution >= 4 is 27.2 Å². The first-order valence-electron chi connectivity index (χ1n) is 5.78. The molecular formula is C12H16N2O2S2. The highest BCUT2D eigenvalue weighted by Crippen LogP contribution is 2.33. The number of hydrogen-bond acceptors (Lipinski definition) is 3. The van der Waals surface area contributed by atoms with E-state index in [4.69, 9.17) is 18.0 Å². The highest BCUT2D eigenvalue weighted by molar-refractivity contribution is 7.89. The first kappa shape index (κ1) is 13.5. The molecule has 0 bridgehead atoms. The topological polar surface area (TPSA) is 72.2 Å². The van der Waals surface area contributed by atoms with Crippen LogP contribution in [0.25, 0.3) is 0 Å². The van der Waals surface area contributed by atoms with Gasteiger partial charge < -0.3 is 5.73 Å². The molecule has 1 aliphatic rings. The lowest BCUT2D eigenvalue weighted by Crippen LogP contribution is -2.44. The maximum absolute atomic E-state index is 12.2. The highest BCUT2D eigenvalue weighted by Gasteiger charge is 2.36. The molecule has 0 aliphatic heterocycles. The van der Waals surface area contributed by atoms with Gasteiger partial charge in [0.1, 0.15) is 0 Å². The van der Waals surface area contributed by atoms with Gasteiger partial charge in [0.25, 0.3) is 0 Å². The lowest BCUT2D eigenvalue weighted by Gasteiger charge is -2.16. The van der Waals surface area contributed by atoms with E-state index in [2.05, 4.69) is 4.72 Å². The van der Waals surface area contributed by atoms with Crippen LogP contribution in [-0.4, -0.2) is 19.4 Å². The van der Waals surface area contributed by atoms with Crippen LogP contribution in [0.4, 0.5) is 0 Å². The molecule has 1 unspecified atom stereocenters. The van der Waals surface area contributed by atoms with Crippen molar-refractivity contribution < 1.29 is 8.42 Å². The molecule has 0 spiro atoms. The summed E-state index contributed by atoms with van der Waals surface area (Å²) in [5.41, 5.74) is 6.61. The number of nitrogens with two attached hydrogens (primary N) is 1. The SMILES string of the molecule is Cc1ccc(S(=O)(=O)NC(C(N)=S)C2CC2)cc1. The van der Waals surface area contributed by atoms with Crippen molar-refractivity contribution in [3.05, 3.63) is 29.8 Å². The Morgan fingerprint density at radius 1 is 1.39 bits per heavy atom. The van der Waals surface area contributed by atoms with E-state index in [0.29, 0.717) is 0 Å². The third kappa shape index (κ3) is 3.07. The number of thiocarbonyl (C=S) groups is 1. The Hall–Kier alpha value is -0.980. The van der Waals surface area contributed by atoms with Crippen LogP contribution < -0.4 is 10.5 Å². The van der Waals surface area contributed by atoms with Gasteiger partial charge in [0.2, 0.25) is 10.0 Å². The maximum atomic E-state index is 12.2. The van der Waals surface area contributed by atoms with Crippen LogP contribution in [0.15, 0.2) is 29.2 Å². The number of aryl methyl sites for hydroxylation is 1. The standard InChI is InChI=1S/C12H16N2O2S2/c1-8-2-6-10(7-3-8)18(15,16)14-11(12(13)17)9-4-5-9/h2-3,6-7,9,11,14H,4-5H2,1H3,(H2,13,17). The van der Waals surface area contributed by atoms with Crippen molar-refractivity contribution in [3.63, 3.8) is 0 Å². The second-order valence-corrected chi connectivity index (χ2v) is 6.84. The predicted molar refractivity (Wildman–Crippen MR) is 74.8 cm³/mol. The summed E-state index contributed by atoms with van der Waals surface area (Å²) >= 11 is 4.92. The van der Waals surface area contributed by atoms with Crippen molar-refractivity contribution in [1.29, 1.82) is 0 Å². The van der Waals surface area contributed by atoms with Gasteiger partial charge in [-0.25, -0.2) is 13.1 Å². The van der Waals surface area contributed by atoms with Crippen LogP contribution in [0.2, 0.25) is 0 Å². The number of rotatable bonds is 5. The summed E-state index contributed by atoms with van der Waals surface area (Å²) in [6.07, 6.45) is 1.94. The molecule has 1 aromatic rings. The van der Waals surface area contributed by atoms with Gasteiger partial charge in [-0.1, -0.05) is 29.9 Å². The average molecular weight is 284 g/mol. The third-order valence-corrected chi connectivity index (χ3v) is 4.72. The van der Waals surface area contributed by atoms with Gasteiger partial charge in [-0.05, 0) is 37.8 Å². The Balaban J connectivity index is 2.20. The fraction of sp³-hybridized carbons (Fsp3) is 0.417. The van der Waals surface area contributed by atoms with Gasteiger partial charge in [-0.2, -0.15) is 0 Å². The fourth-order valence-electron chi connectivity index (χ4n) is 1.77. The second-order valence-electron chi connectivity index (χ2n) is 4.65. The Morgan fingerprint density at radius 2 is 1.94 bits per heavy atom. The zero-order chi connectivity index (χ0) is 13.3. The Morgan fingerprint density at radius 3 is 2.39 bits per heavy atom. The molecule has 1 saturated carbocycles. The molecule has 0 radical (unpaired) electrons. The summed E-state index contributed by atoms with van der Waals surface area (Å²) in [5, 5.41) is 0. The van der Waals surface area contributed by atoms with E-state index in [1.807, 2.05) is 6.92 Å². The highest BCUT2D eigenvalue weighted by atomic mass is 32.2. The molecule has 98 valence electrons. The molecule has 4 nitrogen and oxygen atoms in total. The number of sulfonamides is 1. The summed E-state index contributed by atoms with van der Waals surface area (Å²) < 4.78 is 26.9. The van der Waals surface area contributed by atoms with E-state index >= 15 is 0 Å². The minimum atomic E-state index is -3.54. The smallest absolute Gasteiger partial charge is 0.241 e. The molecule has 0 aromatic heterocycles. The lowest BCUT2D eigenvalue weighted by molar-refractivity contribution is 0.565. The normalized spacial score (nSPS) is 17.4. The van der Waals surface area contributed by atoms with Crippen molar-refractivity contribution in [2.45, 2.75) is 30.7 Å². The van der Waals surface area contributed by atoms with E-state index in [1.54, 1.807) is 24.3 Å². The van der Waals surface area contributed by atoms with Gasteiger partial charge in [0.05, 0.1) is 15.9 Å². The number of benzene rings is 1. The van der Waals surface area contributed by atoms with Gasteiger partial charge >= 0.3 is 0 Å². The monoisotopic (exact) mass is 284 g/mol. The lowest BCUT2D eigenvalue weighted by atomic mass is 10.2. The molecule has 1 atom stereocenters. The fourth-order valence-corrected chi connectivity index (χ4v) is 3.38. The Bertz CT molecular complexity index is 548.